The summed E-state index contributed by atoms with van der Waals surface area (Å²) in [7, 11) is 0. The van der Waals surface area contributed by atoms with Crippen molar-refractivity contribution in [1.82, 2.24) is 0 Å². The molecule has 10 heavy (non-hydrogen) atoms. The van der Waals surface area contributed by atoms with Gasteiger partial charge in [-0.25, -0.2) is 0 Å². The van der Waals surface area contributed by atoms with Gasteiger partial charge >= 0.3 is 0 Å². The van der Waals surface area contributed by atoms with Gasteiger partial charge in [0.1, 0.15) is 0 Å². The van der Waals surface area contributed by atoms with Gasteiger partial charge in [-0.05, 0) is 38.1 Å². The van der Waals surface area contributed by atoms with Crippen LogP contribution in [0.5, 0.6) is 0 Å². The molecule has 1 aliphatic carbocycles. The van der Waals surface area contributed by atoms with Crippen LogP contribution in [0.25, 0.3) is 0 Å². The van der Waals surface area contributed by atoms with E-state index >= 15 is 0 Å². The summed E-state index contributed by atoms with van der Waals surface area (Å²) in [5, 5.41) is 0. The first-order valence-electron chi connectivity index (χ1n) is 3.67. The first-order chi connectivity index (χ1) is 4.33. The SMILES string of the molecule is Cl.NCC1CCC(Br)CC1. The zero-order valence-electron chi connectivity index (χ0n) is 6.05. The van der Waals surface area contributed by atoms with Crippen molar-refractivity contribution in [3.05, 3.63) is 0 Å². The predicted molar refractivity (Wildman–Crippen MR) is 51.0 cm³/mol. The first kappa shape index (κ1) is 10.7. The molecule has 1 aliphatic rings. The van der Waals surface area contributed by atoms with E-state index in [1.165, 1.54) is 25.7 Å². The van der Waals surface area contributed by atoms with E-state index in [4.69, 9.17) is 5.73 Å². The zero-order chi connectivity index (χ0) is 6.69. The van der Waals surface area contributed by atoms with Crippen LogP contribution in [0.15, 0.2) is 0 Å². The molecule has 0 aliphatic heterocycles. The fraction of sp³-hybridized carbons (Fsp3) is 1.00. The van der Waals surface area contributed by atoms with Crippen molar-refractivity contribution in [2.75, 3.05) is 6.54 Å². The number of nitrogens with two attached hydrogens (primary N) is 1. The summed E-state index contributed by atoms with van der Waals surface area (Å²) in [5.41, 5.74) is 5.53. The molecule has 1 nitrogen and oxygen atoms in total. The third kappa shape index (κ3) is 3.22. The van der Waals surface area contributed by atoms with E-state index in [0.717, 1.165) is 17.3 Å². The minimum absolute atomic E-state index is 0. The third-order valence-corrected chi connectivity index (χ3v) is 3.03. The topological polar surface area (TPSA) is 26.0 Å². The second kappa shape index (κ2) is 5.39. The number of alkyl halides is 1. The van der Waals surface area contributed by atoms with Crippen LogP contribution in [-0.4, -0.2) is 11.4 Å². The third-order valence-electron chi connectivity index (χ3n) is 2.11. The van der Waals surface area contributed by atoms with Crippen LogP contribution < -0.4 is 5.73 Å². The van der Waals surface area contributed by atoms with Crippen LogP contribution in [0.2, 0.25) is 0 Å². The summed E-state index contributed by atoms with van der Waals surface area (Å²) < 4.78 is 0. The quantitative estimate of drug-likeness (QED) is 0.685. The molecule has 1 fully saturated rings. The van der Waals surface area contributed by atoms with Crippen LogP contribution in [0.1, 0.15) is 25.7 Å². The number of halogens is 2. The summed E-state index contributed by atoms with van der Waals surface area (Å²) in [6.45, 7) is 0.889. The fourth-order valence-corrected chi connectivity index (χ4v) is 1.89. The Balaban J connectivity index is 0.000000810. The molecule has 0 aromatic heterocycles. The van der Waals surface area contributed by atoms with Gasteiger partial charge in [-0.1, -0.05) is 15.9 Å². The van der Waals surface area contributed by atoms with Crippen LogP contribution >= 0.6 is 28.3 Å². The molecule has 0 spiro atoms. The summed E-state index contributed by atoms with van der Waals surface area (Å²) in [5.74, 6) is 0.818. The monoisotopic (exact) mass is 227 g/mol. The summed E-state index contributed by atoms with van der Waals surface area (Å²) >= 11 is 3.60. The van der Waals surface area contributed by atoms with Gasteiger partial charge in [-0.3, -0.25) is 0 Å². The molecule has 1 rings (SSSR count). The molecule has 0 aromatic carbocycles. The Hall–Kier alpha value is 0.730. The van der Waals surface area contributed by atoms with E-state index < -0.39 is 0 Å². The van der Waals surface area contributed by atoms with Gasteiger partial charge in [-0.2, -0.15) is 0 Å². The van der Waals surface area contributed by atoms with E-state index in [0.29, 0.717) is 0 Å². The molecule has 1 saturated carbocycles. The highest BCUT2D eigenvalue weighted by Gasteiger charge is 2.17. The Morgan fingerprint density at radius 3 is 2.10 bits per heavy atom. The number of hydrogen-bond acceptors (Lipinski definition) is 1. The maximum Gasteiger partial charge on any atom is 0.0146 e. The first-order valence-corrected chi connectivity index (χ1v) is 4.58. The normalized spacial score (nSPS) is 33.0. The lowest BCUT2D eigenvalue weighted by Crippen LogP contribution is -2.21. The Bertz CT molecular complexity index is 81.7. The average molecular weight is 229 g/mol. The van der Waals surface area contributed by atoms with E-state index in [1.54, 1.807) is 0 Å². The minimum atomic E-state index is 0. The Labute approximate surface area is 77.3 Å². The second-order valence-electron chi connectivity index (χ2n) is 2.85. The van der Waals surface area contributed by atoms with Crippen LogP contribution in [-0.2, 0) is 0 Å². The lowest BCUT2D eigenvalue weighted by molar-refractivity contribution is 0.376. The van der Waals surface area contributed by atoms with E-state index in [2.05, 4.69) is 15.9 Å². The fourth-order valence-electron chi connectivity index (χ4n) is 1.36. The van der Waals surface area contributed by atoms with Crippen molar-refractivity contribution in [3.63, 3.8) is 0 Å². The van der Waals surface area contributed by atoms with Crippen molar-refractivity contribution in [2.45, 2.75) is 30.5 Å². The average Bonchev–Trinajstić information content (AvgIpc) is 1.90. The molecule has 2 N–H and O–H groups in total. The lowest BCUT2D eigenvalue weighted by Gasteiger charge is -2.23. The maximum absolute atomic E-state index is 5.53. The predicted octanol–water partition coefficient (Wildman–Crippen LogP) is 2.32. The van der Waals surface area contributed by atoms with Crippen molar-refractivity contribution >= 4 is 28.3 Å². The van der Waals surface area contributed by atoms with Gasteiger partial charge in [0.2, 0.25) is 0 Å². The molecule has 0 bridgehead atoms. The number of rotatable bonds is 1. The molecule has 0 unspecified atom stereocenters. The summed E-state index contributed by atoms with van der Waals surface area (Å²) in [6.07, 6.45) is 5.29. The largest absolute Gasteiger partial charge is 0.330 e. The maximum atomic E-state index is 5.53. The standard InChI is InChI=1S/C7H14BrN.ClH/c8-7-3-1-6(5-9)2-4-7;/h6-7H,1-5,9H2;1H. The molecule has 62 valence electrons. The van der Waals surface area contributed by atoms with E-state index in [-0.39, 0.29) is 12.4 Å². The van der Waals surface area contributed by atoms with Gasteiger partial charge in [0.15, 0.2) is 0 Å². The molecule has 0 aromatic rings. The van der Waals surface area contributed by atoms with Crippen molar-refractivity contribution < 1.29 is 0 Å². The molecule has 0 amide bonds. The van der Waals surface area contributed by atoms with Crippen molar-refractivity contribution in [1.29, 1.82) is 0 Å². The highest BCUT2D eigenvalue weighted by molar-refractivity contribution is 9.09. The van der Waals surface area contributed by atoms with E-state index in [9.17, 15) is 0 Å². The Kier molecular flexibility index (Phi) is 5.78. The minimum Gasteiger partial charge on any atom is -0.330 e. The number of hydrogen-bond donors (Lipinski definition) is 1. The molecule has 0 radical (unpaired) electrons. The smallest absolute Gasteiger partial charge is 0.0146 e. The molecular formula is C7H15BrClN. The van der Waals surface area contributed by atoms with Gasteiger partial charge in [0.25, 0.3) is 0 Å². The highest BCUT2D eigenvalue weighted by Crippen LogP contribution is 2.27. The van der Waals surface area contributed by atoms with Gasteiger partial charge in [0, 0.05) is 4.83 Å². The molecule has 3 heteroatoms. The second-order valence-corrected chi connectivity index (χ2v) is 4.15. The molecule has 0 heterocycles. The van der Waals surface area contributed by atoms with Crippen molar-refractivity contribution in [3.8, 4) is 0 Å². The summed E-state index contributed by atoms with van der Waals surface area (Å²) in [4.78, 5) is 0.778. The highest BCUT2D eigenvalue weighted by atomic mass is 79.9. The Morgan fingerprint density at radius 1 is 1.20 bits per heavy atom. The molecular weight excluding hydrogens is 213 g/mol. The lowest BCUT2D eigenvalue weighted by atomic mass is 9.89. The van der Waals surface area contributed by atoms with Crippen molar-refractivity contribution in [2.24, 2.45) is 11.7 Å². The molecule has 0 saturated heterocycles. The Morgan fingerprint density at radius 2 is 1.70 bits per heavy atom. The molecule has 0 atom stereocenters. The van der Waals surface area contributed by atoms with Gasteiger partial charge in [-0.15, -0.1) is 12.4 Å². The zero-order valence-corrected chi connectivity index (χ0v) is 8.46. The van der Waals surface area contributed by atoms with Crippen LogP contribution in [0.4, 0.5) is 0 Å². The van der Waals surface area contributed by atoms with Gasteiger partial charge in [0.05, 0.1) is 0 Å². The summed E-state index contributed by atoms with van der Waals surface area (Å²) in [6, 6.07) is 0. The van der Waals surface area contributed by atoms with Gasteiger partial charge < -0.3 is 5.73 Å². The van der Waals surface area contributed by atoms with E-state index in [1.807, 2.05) is 0 Å². The van der Waals surface area contributed by atoms with Crippen LogP contribution in [0, 0.1) is 5.92 Å². The van der Waals surface area contributed by atoms with Crippen LogP contribution in [0.3, 0.4) is 0 Å².